The van der Waals surface area contributed by atoms with Gasteiger partial charge in [-0.2, -0.15) is 0 Å². The van der Waals surface area contributed by atoms with Crippen LogP contribution >= 0.6 is 0 Å². The Morgan fingerprint density at radius 2 is 1.39 bits per heavy atom. The molecule has 2 rings (SSSR count). The van der Waals surface area contributed by atoms with Crippen LogP contribution in [0.2, 0.25) is 0 Å². The summed E-state index contributed by atoms with van der Waals surface area (Å²) in [7, 11) is 0. The summed E-state index contributed by atoms with van der Waals surface area (Å²) in [5.74, 6) is -0.853. The van der Waals surface area contributed by atoms with E-state index >= 15 is 0 Å². The number of rotatable bonds is 4. The molecule has 0 spiro atoms. The van der Waals surface area contributed by atoms with E-state index in [1.807, 2.05) is 42.5 Å². The molecule has 0 saturated carbocycles. The lowest BCUT2D eigenvalue weighted by Gasteiger charge is -2.03. The van der Waals surface area contributed by atoms with Gasteiger partial charge in [-0.05, 0) is 11.1 Å². The van der Waals surface area contributed by atoms with Crippen molar-refractivity contribution in [2.45, 2.75) is 6.42 Å². The predicted molar refractivity (Wildman–Crippen MR) is 70.0 cm³/mol. The van der Waals surface area contributed by atoms with Gasteiger partial charge >= 0.3 is 0 Å². The molecule has 18 heavy (non-hydrogen) atoms. The van der Waals surface area contributed by atoms with Crippen LogP contribution in [0.25, 0.3) is 11.1 Å². The van der Waals surface area contributed by atoms with E-state index in [9.17, 15) is 9.59 Å². The Kier molecular flexibility index (Phi) is 3.53. The van der Waals surface area contributed by atoms with Gasteiger partial charge in [0.25, 0.3) is 0 Å². The highest BCUT2D eigenvalue weighted by molar-refractivity contribution is 6.07. The van der Waals surface area contributed by atoms with E-state index in [-0.39, 0.29) is 12.2 Å². The third-order valence-electron chi connectivity index (χ3n) is 2.65. The van der Waals surface area contributed by atoms with Crippen molar-refractivity contribution < 1.29 is 9.59 Å². The minimum atomic E-state index is -0.605. The minimum absolute atomic E-state index is 0.245. The molecule has 90 valence electrons. The van der Waals surface area contributed by atoms with Crippen LogP contribution < -0.4 is 5.73 Å². The van der Waals surface area contributed by atoms with Gasteiger partial charge < -0.3 is 5.73 Å². The van der Waals surface area contributed by atoms with Crippen molar-refractivity contribution in [3.05, 3.63) is 60.2 Å². The van der Waals surface area contributed by atoms with Crippen molar-refractivity contribution in [3.8, 4) is 11.1 Å². The van der Waals surface area contributed by atoms with E-state index < -0.39 is 5.91 Å². The Morgan fingerprint density at radius 3 is 1.94 bits per heavy atom. The van der Waals surface area contributed by atoms with Crippen LogP contribution in [-0.2, 0) is 4.79 Å². The number of carbonyl (C=O) groups is 2. The number of hydrogen-bond donors (Lipinski definition) is 1. The molecule has 0 aliphatic heterocycles. The molecular weight excluding hydrogens is 226 g/mol. The van der Waals surface area contributed by atoms with Gasteiger partial charge in [0.1, 0.15) is 0 Å². The molecule has 2 aromatic carbocycles. The molecule has 0 atom stereocenters. The number of primary amides is 1. The van der Waals surface area contributed by atoms with Gasteiger partial charge in [-0.1, -0.05) is 54.6 Å². The normalized spacial score (nSPS) is 10.0. The molecule has 3 nitrogen and oxygen atoms in total. The molecule has 1 amide bonds. The fourth-order valence-corrected chi connectivity index (χ4v) is 1.74. The average molecular weight is 239 g/mol. The van der Waals surface area contributed by atoms with Crippen molar-refractivity contribution in [1.29, 1.82) is 0 Å². The molecule has 2 aromatic rings. The van der Waals surface area contributed by atoms with Crippen molar-refractivity contribution in [2.24, 2.45) is 5.73 Å². The Labute approximate surface area is 105 Å². The van der Waals surface area contributed by atoms with Gasteiger partial charge in [0.2, 0.25) is 5.91 Å². The molecule has 0 aliphatic carbocycles. The van der Waals surface area contributed by atoms with E-state index in [2.05, 4.69) is 0 Å². The number of hydrogen-bond acceptors (Lipinski definition) is 2. The zero-order chi connectivity index (χ0) is 13.0. The third kappa shape index (κ3) is 2.83. The first-order chi connectivity index (χ1) is 8.66. The topological polar surface area (TPSA) is 60.2 Å². The quantitative estimate of drug-likeness (QED) is 0.658. The lowest BCUT2D eigenvalue weighted by molar-refractivity contribution is -0.117. The molecule has 3 heteroatoms. The van der Waals surface area contributed by atoms with Gasteiger partial charge in [0, 0.05) is 5.56 Å². The standard InChI is InChI=1S/C15H13NO2/c16-15(18)10-14(17)13-8-6-12(7-9-13)11-4-2-1-3-5-11/h1-9H,10H2,(H2,16,18). The summed E-state index contributed by atoms with van der Waals surface area (Å²) in [5, 5.41) is 0. The van der Waals surface area contributed by atoms with E-state index in [0.29, 0.717) is 5.56 Å². The molecular formula is C15H13NO2. The monoisotopic (exact) mass is 239 g/mol. The van der Waals surface area contributed by atoms with E-state index in [4.69, 9.17) is 5.73 Å². The predicted octanol–water partition coefficient (Wildman–Crippen LogP) is 2.41. The number of nitrogens with two attached hydrogens (primary N) is 1. The van der Waals surface area contributed by atoms with Crippen LogP contribution in [0, 0.1) is 0 Å². The van der Waals surface area contributed by atoms with Crippen LogP contribution in [0.1, 0.15) is 16.8 Å². The molecule has 0 heterocycles. The average Bonchev–Trinajstić information content (AvgIpc) is 2.39. The maximum absolute atomic E-state index is 11.6. The summed E-state index contributed by atoms with van der Waals surface area (Å²) in [6, 6.07) is 17.0. The molecule has 0 radical (unpaired) electrons. The van der Waals surface area contributed by atoms with Crippen molar-refractivity contribution in [3.63, 3.8) is 0 Å². The summed E-state index contributed by atoms with van der Waals surface area (Å²) < 4.78 is 0. The number of Topliss-reactive ketones (excluding diaryl/α,β-unsaturated/α-hetero) is 1. The zero-order valence-electron chi connectivity index (χ0n) is 9.80. The van der Waals surface area contributed by atoms with Crippen molar-refractivity contribution in [1.82, 2.24) is 0 Å². The molecule has 0 aliphatic rings. The number of amides is 1. The largest absolute Gasteiger partial charge is 0.369 e. The van der Waals surface area contributed by atoms with Crippen LogP contribution in [0.5, 0.6) is 0 Å². The Hall–Kier alpha value is -2.42. The van der Waals surface area contributed by atoms with Gasteiger partial charge in [-0.25, -0.2) is 0 Å². The second-order valence-electron chi connectivity index (χ2n) is 4.01. The molecule has 0 aromatic heterocycles. The third-order valence-corrected chi connectivity index (χ3v) is 2.65. The SMILES string of the molecule is NC(=O)CC(=O)c1ccc(-c2ccccc2)cc1. The maximum Gasteiger partial charge on any atom is 0.225 e. The Morgan fingerprint density at radius 1 is 0.833 bits per heavy atom. The van der Waals surface area contributed by atoms with Crippen LogP contribution in [0.15, 0.2) is 54.6 Å². The highest BCUT2D eigenvalue weighted by Crippen LogP contribution is 2.19. The summed E-state index contributed by atoms with van der Waals surface area (Å²) in [6.45, 7) is 0. The van der Waals surface area contributed by atoms with E-state index in [1.54, 1.807) is 12.1 Å². The lowest BCUT2D eigenvalue weighted by atomic mass is 10.0. The molecule has 2 N–H and O–H groups in total. The Bertz CT molecular complexity index is 559. The summed E-state index contributed by atoms with van der Waals surface area (Å²) in [5.41, 5.74) is 7.62. The second-order valence-corrected chi connectivity index (χ2v) is 4.01. The summed E-state index contributed by atoms with van der Waals surface area (Å²) in [4.78, 5) is 22.3. The second kappa shape index (κ2) is 5.27. The smallest absolute Gasteiger partial charge is 0.225 e. The fraction of sp³-hybridized carbons (Fsp3) is 0.0667. The first kappa shape index (κ1) is 12.0. The van der Waals surface area contributed by atoms with Gasteiger partial charge in [-0.15, -0.1) is 0 Å². The maximum atomic E-state index is 11.6. The van der Waals surface area contributed by atoms with Crippen LogP contribution in [0.4, 0.5) is 0 Å². The van der Waals surface area contributed by atoms with Gasteiger partial charge in [-0.3, -0.25) is 9.59 Å². The van der Waals surface area contributed by atoms with Gasteiger partial charge in [0.05, 0.1) is 6.42 Å². The van der Waals surface area contributed by atoms with E-state index in [0.717, 1.165) is 11.1 Å². The number of ketones is 1. The molecule has 0 saturated heterocycles. The van der Waals surface area contributed by atoms with Crippen molar-refractivity contribution in [2.75, 3.05) is 0 Å². The summed E-state index contributed by atoms with van der Waals surface area (Å²) in [6.07, 6.45) is -0.245. The highest BCUT2D eigenvalue weighted by Gasteiger charge is 2.08. The Balaban J connectivity index is 2.20. The zero-order valence-corrected chi connectivity index (χ0v) is 9.80. The number of benzene rings is 2. The molecule has 0 fully saturated rings. The van der Waals surface area contributed by atoms with Crippen LogP contribution in [-0.4, -0.2) is 11.7 Å². The molecule has 0 bridgehead atoms. The minimum Gasteiger partial charge on any atom is -0.369 e. The van der Waals surface area contributed by atoms with Crippen LogP contribution in [0.3, 0.4) is 0 Å². The van der Waals surface area contributed by atoms with Crippen molar-refractivity contribution >= 4 is 11.7 Å². The fourth-order valence-electron chi connectivity index (χ4n) is 1.74. The van der Waals surface area contributed by atoms with E-state index in [1.165, 1.54) is 0 Å². The van der Waals surface area contributed by atoms with Gasteiger partial charge in [0.15, 0.2) is 5.78 Å². The molecule has 0 unspecified atom stereocenters. The first-order valence-corrected chi connectivity index (χ1v) is 5.64. The summed E-state index contributed by atoms with van der Waals surface area (Å²) >= 11 is 0. The first-order valence-electron chi connectivity index (χ1n) is 5.64. The number of carbonyl (C=O) groups excluding carboxylic acids is 2. The highest BCUT2D eigenvalue weighted by atomic mass is 16.2. The lowest BCUT2D eigenvalue weighted by Crippen LogP contribution is -2.16.